The third-order valence-electron chi connectivity index (χ3n) is 1.56. The van der Waals surface area contributed by atoms with Crippen LogP contribution in [0.25, 0.3) is 0 Å². The van der Waals surface area contributed by atoms with Crippen molar-refractivity contribution >= 4 is 12.3 Å². The Morgan fingerprint density at radius 1 is 1.54 bits per heavy atom. The van der Waals surface area contributed by atoms with E-state index in [9.17, 15) is 9.59 Å². The first-order valence-corrected chi connectivity index (χ1v) is 4.50. The summed E-state index contributed by atoms with van der Waals surface area (Å²) in [6.07, 6.45) is 6.23. The molecule has 0 rings (SSSR count). The van der Waals surface area contributed by atoms with Crippen LogP contribution in [0.3, 0.4) is 0 Å². The molecule has 0 aliphatic carbocycles. The number of hydrogen-bond acceptors (Lipinski definition) is 3. The molecule has 0 aliphatic heterocycles. The quantitative estimate of drug-likeness (QED) is 0.359. The molecule has 3 heteroatoms. The molecule has 1 unspecified atom stereocenters. The van der Waals surface area contributed by atoms with E-state index in [2.05, 4.69) is 6.92 Å². The molecule has 0 aromatic rings. The fourth-order valence-electron chi connectivity index (χ4n) is 0.982. The number of hydrogen-bond donors (Lipinski definition) is 0. The van der Waals surface area contributed by atoms with Gasteiger partial charge in [-0.05, 0) is 25.0 Å². The number of esters is 1. The van der Waals surface area contributed by atoms with Crippen LogP contribution >= 0.6 is 0 Å². The van der Waals surface area contributed by atoms with Crippen molar-refractivity contribution in [2.24, 2.45) is 0 Å². The van der Waals surface area contributed by atoms with Gasteiger partial charge in [0.1, 0.15) is 12.4 Å². The average molecular weight is 184 g/mol. The van der Waals surface area contributed by atoms with Crippen molar-refractivity contribution in [3.63, 3.8) is 0 Å². The van der Waals surface area contributed by atoms with Crippen LogP contribution in [0, 0.1) is 0 Å². The van der Waals surface area contributed by atoms with Crippen LogP contribution in [0.5, 0.6) is 0 Å². The smallest absolute Gasteiger partial charge is 0.303 e. The number of allylic oxidation sites excluding steroid dienone is 1. The first-order chi connectivity index (χ1) is 6.20. The monoisotopic (exact) mass is 184 g/mol. The third-order valence-corrected chi connectivity index (χ3v) is 1.56. The Bertz CT molecular complexity index is 185. The van der Waals surface area contributed by atoms with Crippen molar-refractivity contribution in [3.8, 4) is 0 Å². The summed E-state index contributed by atoms with van der Waals surface area (Å²) in [6.45, 7) is 3.43. The van der Waals surface area contributed by atoms with Gasteiger partial charge in [0.15, 0.2) is 0 Å². The maximum atomic E-state index is 10.6. The van der Waals surface area contributed by atoms with Crippen LogP contribution in [0.2, 0.25) is 0 Å². The van der Waals surface area contributed by atoms with Crippen LogP contribution in [0.1, 0.15) is 33.1 Å². The topological polar surface area (TPSA) is 43.4 Å². The molecule has 0 spiro atoms. The van der Waals surface area contributed by atoms with Gasteiger partial charge >= 0.3 is 5.97 Å². The van der Waals surface area contributed by atoms with E-state index in [1.807, 2.05) is 0 Å². The molecule has 0 heterocycles. The average Bonchev–Trinajstić information content (AvgIpc) is 2.09. The molecule has 3 nitrogen and oxygen atoms in total. The summed E-state index contributed by atoms with van der Waals surface area (Å²) in [6, 6.07) is 0. The van der Waals surface area contributed by atoms with Crippen LogP contribution in [0.4, 0.5) is 0 Å². The number of carbonyl (C=O) groups is 2. The predicted molar refractivity (Wildman–Crippen MR) is 50.3 cm³/mol. The molecule has 1 atom stereocenters. The second kappa shape index (κ2) is 7.53. The highest BCUT2D eigenvalue weighted by Crippen LogP contribution is 2.06. The molecule has 0 aromatic heterocycles. The highest BCUT2D eigenvalue weighted by atomic mass is 16.5. The van der Waals surface area contributed by atoms with Crippen molar-refractivity contribution in [2.75, 3.05) is 0 Å². The van der Waals surface area contributed by atoms with Crippen LogP contribution < -0.4 is 0 Å². The summed E-state index contributed by atoms with van der Waals surface area (Å²) in [4.78, 5) is 20.7. The molecule has 0 aromatic carbocycles. The molecule has 0 saturated carbocycles. The summed E-state index contributed by atoms with van der Waals surface area (Å²) in [5, 5.41) is 0. The fourth-order valence-corrected chi connectivity index (χ4v) is 0.982. The van der Waals surface area contributed by atoms with Crippen molar-refractivity contribution in [1.29, 1.82) is 0 Å². The number of carbonyl (C=O) groups excluding carboxylic acids is 2. The molecule has 0 fully saturated rings. The van der Waals surface area contributed by atoms with Gasteiger partial charge in [-0.15, -0.1) is 0 Å². The molecule has 0 aliphatic rings. The molecular weight excluding hydrogens is 168 g/mol. The Hall–Kier alpha value is -1.12. The largest absolute Gasteiger partial charge is 0.458 e. The van der Waals surface area contributed by atoms with Crippen molar-refractivity contribution in [1.82, 2.24) is 0 Å². The molecule has 0 bridgehead atoms. The van der Waals surface area contributed by atoms with E-state index in [-0.39, 0.29) is 12.1 Å². The zero-order chi connectivity index (χ0) is 10.1. The normalized spacial score (nSPS) is 12.8. The minimum absolute atomic E-state index is 0.248. The van der Waals surface area contributed by atoms with E-state index < -0.39 is 0 Å². The summed E-state index contributed by atoms with van der Waals surface area (Å²) in [7, 11) is 0. The summed E-state index contributed by atoms with van der Waals surface area (Å²) in [5.41, 5.74) is 0. The lowest BCUT2D eigenvalue weighted by Crippen LogP contribution is -2.13. The number of unbranched alkanes of at least 4 members (excludes halogenated alkanes) is 1. The number of aldehydes is 1. The summed E-state index contributed by atoms with van der Waals surface area (Å²) in [5.74, 6) is -0.309. The molecule has 0 N–H and O–H groups in total. The standard InChI is InChI=1S/C10H16O3/c1-3-4-6-10(7-5-8-11)13-9(2)12/h5,7-8,10H,3-4,6H2,1-2H3. The van der Waals surface area contributed by atoms with Gasteiger partial charge in [-0.1, -0.05) is 13.3 Å². The first-order valence-electron chi connectivity index (χ1n) is 4.50. The van der Waals surface area contributed by atoms with E-state index in [4.69, 9.17) is 4.74 Å². The van der Waals surface area contributed by atoms with Gasteiger partial charge in [-0.2, -0.15) is 0 Å². The Labute approximate surface area is 78.8 Å². The Balaban J connectivity index is 3.93. The van der Waals surface area contributed by atoms with Gasteiger partial charge in [0.05, 0.1) is 0 Å². The van der Waals surface area contributed by atoms with Crippen molar-refractivity contribution in [2.45, 2.75) is 39.2 Å². The Morgan fingerprint density at radius 2 is 2.23 bits per heavy atom. The van der Waals surface area contributed by atoms with Gasteiger partial charge in [0.25, 0.3) is 0 Å². The van der Waals surface area contributed by atoms with Crippen LogP contribution in [-0.4, -0.2) is 18.4 Å². The third kappa shape index (κ3) is 7.25. The Kier molecular flexibility index (Phi) is 6.88. The zero-order valence-corrected chi connectivity index (χ0v) is 8.16. The van der Waals surface area contributed by atoms with E-state index in [1.165, 1.54) is 13.0 Å². The van der Waals surface area contributed by atoms with E-state index in [0.29, 0.717) is 6.29 Å². The molecule has 74 valence electrons. The first kappa shape index (κ1) is 11.9. The highest BCUT2D eigenvalue weighted by molar-refractivity contribution is 5.67. The van der Waals surface area contributed by atoms with Gasteiger partial charge in [0.2, 0.25) is 0 Å². The fraction of sp³-hybridized carbons (Fsp3) is 0.600. The van der Waals surface area contributed by atoms with Crippen molar-refractivity contribution in [3.05, 3.63) is 12.2 Å². The summed E-state index contributed by atoms with van der Waals surface area (Å²) < 4.78 is 4.97. The molecule has 13 heavy (non-hydrogen) atoms. The predicted octanol–water partition coefficient (Wildman–Crippen LogP) is 1.86. The van der Waals surface area contributed by atoms with Crippen LogP contribution in [-0.2, 0) is 14.3 Å². The maximum absolute atomic E-state index is 10.6. The van der Waals surface area contributed by atoms with E-state index in [0.717, 1.165) is 19.3 Å². The van der Waals surface area contributed by atoms with Gasteiger partial charge in [-0.25, -0.2) is 0 Å². The summed E-state index contributed by atoms with van der Waals surface area (Å²) >= 11 is 0. The second-order valence-electron chi connectivity index (χ2n) is 2.81. The van der Waals surface area contributed by atoms with Crippen molar-refractivity contribution < 1.29 is 14.3 Å². The van der Waals surface area contributed by atoms with Gasteiger partial charge in [0, 0.05) is 6.92 Å². The number of rotatable bonds is 6. The lowest BCUT2D eigenvalue weighted by Gasteiger charge is -2.11. The molecule has 0 saturated heterocycles. The maximum Gasteiger partial charge on any atom is 0.303 e. The minimum Gasteiger partial charge on any atom is -0.458 e. The zero-order valence-electron chi connectivity index (χ0n) is 8.16. The molecular formula is C10H16O3. The second-order valence-corrected chi connectivity index (χ2v) is 2.81. The molecule has 0 radical (unpaired) electrons. The van der Waals surface area contributed by atoms with Crippen LogP contribution in [0.15, 0.2) is 12.2 Å². The van der Waals surface area contributed by atoms with E-state index >= 15 is 0 Å². The highest BCUT2D eigenvalue weighted by Gasteiger charge is 2.06. The van der Waals surface area contributed by atoms with Gasteiger partial charge < -0.3 is 4.74 Å². The molecule has 0 amide bonds. The lowest BCUT2D eigenvalue weighted by atomic mass is 10.1. The Morgan fingerprint density at radius 3 is 2.69 bits per heavy atom. The number of ether oxygens (including phenoxy) is 1. The minimum atomic E-state index is -0.309. The van der Waals surface area contributed by atoms with Gasteiger partial charge in [-0.3, -0.25) is 9.59 Å². The SMILES string of the molecule is CCCCC(C=CC=O)OC(C)=O. The van der Waals surface area contributed by atoms with E-state index in [1.54, 1.807) is 6.08 Å². The lowest BCUT2D eigenvalue weighted by molar-refractivity contribution is -0.144.